The van der Waals surface area contributed by atoms with Crippen LogP contribution >= 0.6 is 11.3 Å². The van der Waals surface area contributed by atoms with Crippen LogP contribution in [0.25, 0.3) is 16.7 Å². The molecule has 1 amide bonds. The Morgan fingerprint density at radius 2 is 1.73 bits per heavy atom. The lowest BCUT2D eigenvalue weighted by molar-refractivity contribution is -0.142. The molecule has 1 N–H and O–H groups in total. The van der Waals surface area contributed by atoms with E-state index in [9.17, 15) is 14.7 Å². The van der Waals surface area contributed by atoms with Crippen molar-refractivity contribution < 1.29 is 9.90 Å². The minimum Gasteiger partial charge on any atom is -0.388 e. The first kappa shape index (κ1) is 28.6. The number of fused-ring (bicyclic) bond motifs is 1. The predicted molar refractivity (Wildman–Crippen MR) is 171 cm³/mol. The standard InChI is InChI=1S/C34H36N6O3S/c41-32(27-11-16-37(22-30-35-15-20-44-30)21-29(27)25-7-3-1-4-8-25)38-18-13-34(43,14-19-38)23-39-24-36-31-28(33(39)42)12-17-40(31)26-9-5-2-6-10-26/h1-10,12,15,17,20,24,27,29,43H,11,13-14,16,18-19,21-23H2/t27-,29+/m1/s1. The van der Waals surface area contributed by atoms with E-state index in [-0.39, 0.29) is 29.8 Å². The first-order chi connectivity index (χ1) is 21.5. The first-order valence-electron chi connectivity index (χ1n) is 15.3. The van der Waals surface area contributed by atoms with Crippen LogP contribution in [0.1, 0.15) is 35.8 Å². The normalized spacial score (nSPS) is 20.6. The highest BCUT2D eigenvalue weighted by atomic mass is 32.1. The molecule has 2 aliphatic heterocycles. The Labute approximate surface area is 260 Å². The number of carbonyl (C=O) groups is 1. The third-order valence-electron chi connectivity index (χ3n) is 9.26. The van der Waals surface area contributed by atoms with E-state index in [2.05, 4.69) is 27.0 Å². The van der Waals surface area contributed by atoms with Crippen LogP contribution in [0.5, 0.6) is 0 Å². The van der Waals surface area contributed by atoms with Crippen LogP contribution in [0.4, 0.5) is 0 Å². The summed E-state index contributed by atoms with van der Waals surface area (Å²) in [5, 5.41) is 15.2. The smallest absolute Gasteiger partial charge is 0.262 e. The zero-order chi connectivity index (χ0) is 30.1. The minimum absolute atomic E-state index is 0.0952. The largest absolute Gasteiger partial charge is 0.388 e. The Morgan fingerprint density at radius 1 is 0.977 bits per heavy atom. The number of hydrogen-bond acceptors (Lipinski definition) is 7. The molecule has 0 spiro atoms. The first-order valence-corrected chi connectivity index (χ1v) is 16.1. The molecule has 2 atom stereocenters. The van der Waals surface area contributed by atoms with E-state index in [0.717, 1.165) is 36.8 Å². The van der Waals surface area contributed by atoms with E-state index in [4.69, 9.17) is 0 Å². The molecule has 226 valence electrons. The molecule has 44 heavy (non-hydrogen) atoms. The molecule has 7 rings (SSSR count). The van der Waals surface area contributed by atoms with Crippen molar-refractivity contribution in [1.29, 1.82) is 0 Å². The van der Waals surface area contributed by atoms with Gasteiger partial charge in [-0.1, -0.05) is 48.5 Å². The van der Waals surface area contributed by atoms with Crippen LogP contribution in [-0.2, 0) is 17.9 Å². The van der Waals surface area contributed by atoms with Gasteiger partial charge in [-0.2, -0.15) is 0 Å². The Morgan fingerprint density at radius 3 is 2.45 bits per heavy atom. The average Bonchev–Trinajstić information content (AvgIpc) is 3.74. The van der Waals surface area contributed by atoms with Gasteiger partial charge in [0.1, 0.15) is 11.3 Å². The van der Waals surface area contributed by atoms with Crippen molar-refractivity contribution >= 4 is 28.3 Å². The Balaban J connectivity index is 1.03. The van der Waals surface area contributed by atoms with E-state index in [1.54, 1.807) is 17.4 Å². The van der Waals surface area contributed by atoms with E-state index in [0.29, 0.717) is 37.0 Å². The third kappa shape index (κ3) is 5.72. The van der Waals surface area contributed by atoms with Gasteiger partial charge in [-0.15, -0.1) is 11.3 Å². The molecule has 0 saturated carbocycles. The van der Waals surface area contributed by atoms with Gasteiger partial charge in [0.15, 0.2) is 5.65 Å². The molecule has 0 bridgehead atoms. The van der Waals surface area contributed by atoms with E-state index in [1.807, 2.05) is 75.8 Å². The summed E-state index contributed by atoms with van der Waals surface area (Å²) in [5.41, 5.74) is 1.45. The number of rotatable bonds is 7. The fourth-order valence-corrected chi connectivity index (χ4v) is 7.49. The van der Waals surface area contributed by atoms with Gasteiger partial charge in [-0.05, 0) is 49.6 Å². The number of nitrogens with zero attached hydrogens (tertiary/aromatic N) is 6. The van der Waals surface area contributed by atoms with Crippen LogP contribution in [0.3, 0.4) is 0 Å². The van der Waals surface area contributed by atoms with Crippen LogP contribution in [0.2, 0.25) is 0 Å². The SMILES string of the molecule is O=C([C@@H]1CCN(Cc2nccs2)C[C@H]1c1ccccc1)N1CCC(O)(Cn2cnc3c(ccn3-c3ccccc3)c2=O)CC1. The fraction of sp³-hybridized carbons (Fsp3) is 0.353. The Hall–Kier alpha value is -4.12. The van der Waals surface area contributed by atoms with Gasteiger partial charge in [-0.3, -0.25) is 19.1 Å². The summed E-state index contributed by atoms with van der Waals surface area (Å²) in [6, 6.07) is 21.9. The van der Waals surface area contributed by atoms with Crippen molar-refractivity contribution in [3.63, 3.8) is 0 Å². The summed E-state index contributed by atoms with van der Waals surface area (Å²) in [7, 11) is 0. The van der Waals surface area contributed by atoms with Gasteiger partial charge < -0.3 is 14.6 Å². The van der Waals surface area contributed by atoms with Crippen molar-refractivity contribution in [2.45, 2.75) is 43.9 Å². The van der Waals surface area contributed by atoms with Gasteiger partial charge in [0.25, 0.3) is 5.56 Å². The maximum Gasteiger partial charge on any atom is 0.262 e. The maximum absolute atomic E-state index is 14.0. The van der Waals surface area contributed by atoms with Gasteiger partial charge in [0, 0.05) is 54.9 Å². The molecular weight excluding hydrogens is 572 g/mol. The van der Waals surface area contributed by atoms with Crippen molar-refractivity contribution in [2.24, 2.45) is 5.92 Å². The number of thiazole rings is 1. The van der Waals surface area contributed by atoms with Gasteiger partial charge >= 0.3 is 0 Å². The van der Waals surface area contributed by atoms with Gasteiger partial charge in [-0.25, -0.2) is 9.97 Å². The van der Waals surface area contributed by atoms with Crippen molar-refractivity contribution in [1.82, 2.24) is 28.9 Å². The highest BCUT2D eigenvalue weighted by molar-refractivity contribution is 7.09. The van der Waals surface area contributed by atoms with Crippen molar-refractivity contribution in [2.75, 3.05) is 26.2 Å². The maximum atomic E-state index is 14.0. The van der Waals surface area contributed by atoms with Crippen LogP contribution in [-0.4, -0.2) is 71.7 Å². The Kier molecular flexibility index (Phi) is 7.88. The van der Waals surface area contributed by atoms with Crippen LogP contribution < -0.4 is 5.56 Å². The second-order valence-electron chi connectivity index (χ2n) is 12.1. The highest BCUT2D eigenvalue weighted by Gasteiger charge is 2.41. The lowest BCUT2D eigenvalue weighted by atomic mass is 9.79. The molecule has 9 nitrogen and oxygen atoms in total. The lowest BCUT2D eigenvalue weighted by Crippen LogP contribution is -2.53. The minimum atomic E-state index is -1.09. The number of amides is 1. The third-order valence-corrected chi connectivity index (χ3v) is 10.0. The molecule has 0 aliphatic carbocycles. The van der Waals surface area contributed by atoms with Gasteiger partial charge in [0.05, 0.1) is 24.1 Å². The Bertz CT molecular complexity index is 1780. The molecule has 2 aromatic carbocycles. The quantitative estimate of drug-likeness (QED) is 0.296. The number of likely N-dealkylation sites (tertiary alicyclic amines) is 2. The van der Waals surface area contributed by atoms with E-state index < -0.39 is 5.60 Å². The molecule has 2 fully saturated rings. The van der Waals surface area contributed by atoms with Crippen LogP contribution in [0.15, 0.2) is 95.6 Å². The molecule has 0 radical (unpaired) electrons. The lowest BCUT2D eigenvalue weighted by Gasteiger charge is -2.43. The molecule has 0 unspecified atom stereocenters. The number of para-hydroxylation sites is 1. The molecule has 5 heterocycles. The van der Waals surface area contributed by atoms with E-state index in [1.165, 1.54) is 16.5 Å². The number of aliphatic hydroxyl groups is 1. The summed E-state index contributed by atoms with van der Waals surface area (Å²) >= 11 is 1.67. The zero-order valence-electron chi connectivity index (χ0n) is 24.5. The molecule has 5 aromatic rings. The summed E-state index contributed by atoms with van der Waals surface area (Å²) in [4.78, 5) is 40.8. The monoisotopic (exact) mass is 608 g/mol. The number of benzene rings is 2. The summed E-state index contributed by atoms with van der Waals surface area (Å²) in [5.74, 6) is 0.147. The van der Waals surface area contributed by atoms with Crippen molar-refractivity contribution in [3.8, 4) is 5.69 Å². The second kappa shape index (κ2) is 12.1. The number of hydrogen-bond donors (Lipinski definition) is 1. The second-order valence-corrected chi connectivity index (χ2v) is 13.0. The summed E-state index contributed by atoms with van der Waals surface area (Å²) in [6.45, 7) is 3.53. The average molecular weight is 609 g/mol. The van der Waals surface area contributed by atoms with Crippen molar-refractivity contribution in [3.05, 3.63) is 112 Å². The number of carbonyl (C=O) groups excluding carboxylic acids is 1. The molecular formula is C34H36N6O3S. The predicted octanol–water partition coefficient (Wildman–Crippen LogP) is 4.30. The fourth-order valence-electron chi connectivity index (χ4n) is 6.84. The summed E-state index contributed by atoms with van der Waals surface area (Å²) < 4.78 is 3.41. The van der Waals surface area contributed by atoms with Gasteiger partial charge in [0.2, 0.25) is 5.91 Å². The topological polar surface area (TPSA) is 96.5 Å². The van der Waals surface area contributed by atoms with E-state index >= 15 is 0 Å². The molecule has 2 saturated heterocycles. The molecule has 3 aromatic heterocycles. The van der Waals surface area contributed by atoms with Crippen LogP contribution in [0, 0.1) is 5.92 Å². The highest BCUT2D eigenvalue weighted by Crippen LogP contribution is 2.36. The number of piperidine rings is 2. The zero-order valence-corrected chi connectivity index (χ0v) is 25.4. The molecule has 10 heteroatoms. The summed E-state index contributed by atoms with van der Waals surface area (Å²) in [6.07, 6.45) is 6.83. The molecule has 2 aliphatic rings. The number of aromatic nitrogens is 4.